The number of aliphatic imine (C=N–C) groups is 1. The molecule has 5 nitrogen and oxygen atoms in total. The average molecular weight is 532 g/mol. The molecule has 0 bridgehead atoms. The van der Waals surface area contributed by atoms with Gasteiger partial charge in [-0.1, -0.05) is 65.7 Å². The zero-order valence-electron chi connectivity index (χ0n) is 18.8. The lowest BCUT2D eigenvalue weighted by atomic mass is 10.2. The molecule has 0 radical (unpaired) electrons. The fraction of sp³-hybridized carbons (Fsp3) is 0.0357. The summed E-state index contributed by atoms with van der Waals surface area (Å²) >= 11 is 13.4. The van der Waals surface area contributed by atoms with Gasteiger partial charge in [-0.15, -0.1) is 0 Å². The first-order valence-electron chi connectivity index (χ1n) is 11.0. The Kier molecular flexibility index (Phi) is 7.37. The number of amidine groups is 1. The quantitative estimate of drug-likeness (QED) is 0.188. The molecule has 3 aromatic carbocycles. The number of thioether (sulfide) groups is 1. The van der Waals surface area contributed by atoms with E-state index in [0.717, 1.165) is 22.6 Å². The van der Waals surface area contributed by atoms with E-state index in [4.69, 9.17) is 27.9 Å². The van der Waals surface area contributed by atoms with Gasteiger partial charge in [-0.05, 0) is 77.5 Å². The summed E-state index contributed by atoms with van der Waals surface area (Å²) in [6, 6.07) is 28.1. The number of hydrogen-bond acceptors (Lipinski definition) is 5. The van der Waals surface area contributed by atoms with Crippen molar-refractivity contribution in [1.82, 2.24) is 4.98 Å². The number of rotatable bonds is 6. The molecular weight excluding hydrogens is 513 g/mol. The maximum Gasteiger partial charge on any atom is 0.271 e. The molecule has 1 fully saturated rings. The zero-order valence-corrected chi connectivity index (χ0v) is 21.2. The Hall–Kier alpha value is -3.58. The Morgan fingerprint density at radius 1 is 0.917 bits per heavy atom. The molecular formula is C28H19Cl2N3O2S. The third-order valence-electron chi connectivity index (χ3n) is 5.27. The van der Waals surface area contributed by atoms with Gasteiger partial charge in [0.15, 0.2) is 10.3 Å². The van der Waals surface area contributed by atoms with Crippen molar-refractivity contribution in [3.05, 3.63) is 123 Å². The summed E-state index contributed by atoms with van der Waals surface area (Å²) in [7, 11) is 0. The first-order valence-corrected chi connectivity index (χ1v) is 12.6. The van der Waals surface area contributed by atoms with Gasteiger partial charge in [0.1, 0.15) is 18.0 Å². The second-order valence-corrected chi connectivity index (χ2v) is 9.58. The molecule has 5 rings (SSSR count). The Bertz CT molecular complexity index is 1440. The number of nitrogens with zero attached hydrogens (tertiary/aromatic N) is 3. The van der Waals surface area contributed by atoms with Crippen LogP contribution in [0, 0.1) is 0 Å². The van der Waals surface area contributed by atoms with Gasteiger partial charge in [-0.2, -0.15) is 0 Å². The van der Waals surface area contributed by atoms with Crippen LogP contribution in [0.4, 0.5) is 11.4 Å². The van der Waals surface area contributed by atoms with Crippen LogP contribution in [0.2, 0.25) is 10.2 Å². The monoisotopic (exact) mass is 531 g/mol. The maximum absolute atomic E-state index is 13.4. The van der Waals surface area contributed by atoms with Crippen LogP contribution in [0.25, 0.3) is 6.08 Å². The Morgan fingerprint density at radius 2 is 1.67 bits per heavy atom. The van der Waals surface area contributed by atoms with E-state index in [1.165, 1.54) is 11.8 Å². The molecule has 1 saturated heterocycles. The van der Waals surface area contributed by atoms with Crippen LogP contribution in [-0.4, -0.2) is 16.1 Å². The van der Waals surface area contributed by atoms with E-state index in [1.54, 1.807) is 23.2 Å². The number of anilines is 1. The number of carbonyl (C=O) groups excluding carboxylic acids is 1. The smallest absolute Gasteiger partial charge is 0.271 e. The molecule has 0 saturated carbocycles. The number of carbonyl (C=O) groups is 1. The minimum atomic E-state index is -0.159. The molecule has 178 valence electrons. The highest BCUT2D eigenvalue weighted by atomic mass is 35.5. The molecule has 2 heterocycles. The summed E-state index contributed by atoms with van der Waals surface area (Å²) in [5.74, 6) is 0.574. The normalized spacial score (nSPS) is 15.6. The van der Waals surface area contributed by atoms with Crippen molar-refractivity contribution >= 4 is 63.5 Å². The number of aromatic nitrogens is 1. The van der Waals surface area contributed by atoms with Crippen LogP contribution >= 0.6 is 35.0 Å². The molecule has 0 aliphatic carbocycles. The second-order valence-electron chi connectivity index (χ2n) is 7.78. The van der Waals surface area contributed by atoms with Gasteiger partial charge in [0.25, 0.3) is 5.91 Å². The van der Waals surface area contributed by atoms with Gasteiger partial charge in [0, 0.05) is 11.2 Å². The summed E-state index contributed by atoms with van der Waals surface area (Å²) in [5.41, 5.74) is 3.13. The third kappa shape index (κ3) is 5.62. The van der Waals surface area contributed by atoms with Gasteiger partial charge in [0.2, 0.25) is 0 Å². The van der Waals surface area contributed by atoms with E-state index in [-0.39, 0.29) is 11.1 Å². The first-order chi connectivity index (χ1) is 17.6. The average Bonchev–Trinajstić information content (AvgIpc) is 3.20. The molecule has 36 heavy (non-hydrogen) atoms. The molecule has 1 aliphatic heterocycles. The fourth-order valence-corrected chi connectivity index (χ4v) is 4.76. The minimum absolute atomic E-state index is 0.159. The third-order valence-corrected chi connectivity index (χ3v) is 6.78. The molecule has 1 amide bonds. The second kappa shape index (κ2) is 11.0. The van der Waals surface area contributed by atoms with Crippen molar-refractivity contribution in [1.29, 1.82) is 0 Å². The number of amides is 1. The van der Waals surface area contributed by atoms with Crippen molar-refractivity contribution in [2.24, 2.45) is 4.99 Å². The van der Waals surface area contributed by atoms with Crippen LogP contribution in [-0.2, 0) is 11.4 Å². The van der Waals surface area contributed by atoms with Crippen molar-refractivity contribution < 1.29 is 9.53 Å². The highest BCUT2D eigenvalue weighted by Gasteiger charge is 2.34. The van der Waals surface area contributed by atoms with Crippen LogP contribution in [0.3, 0.4) is 0 Å². The predicted molar refractivity (Wildman–Crippen MR) is 148 cm³/mol. The van der Waals surface area contributed by atoms with Crippen LogP contribution in [0.5, 0.6) is 5.75 Å². The standard InChI is InChI=1S/C28H19Cl2N3O2S/c29-21-12-8-20(9-13-21)18-35-23-14-10-19(11-15-23)17-25-27(34)33(22-5-2-1-3-6-22)28(36-25)32-24-7-4-16-31-26(24)30/h1-17H,18H2/b25-17-,32-28?. The summed E-state index contributed by atoms with van der Waals surface area (Å²) in [5, 5.41) is 1.48. The van der Waals surface area contributed by atoms with E-state index in [0.29, 0.717) is 27.4 Å². The fourth-order valence-electron chi connectivity index (χ4n) is 3.48. The Balaban J connectivity index is 1.38. The van der Waals surface area contributed by atoms with E-state index in [9.17, 15) is 4.79 Å². The van der Waals surface area contributed by atoms with E-state index >= 15 is 0 Å². The van der Waals surface area contributed by atoms with Gasteiger partial charge >= 0.3 is 0 Å². The number of halogens is 2. The molecule has 1 aliphatic rings. The lowest BCUT2D eigenvalue weighted by Gasteiger charge is -2.15. The highest BCUT2D eigenvalue weighted by Crippen LogP contribution is 2.38. The summed E-state index contributed by atoms with van der Waals surface area (Å²) in [6.07, 6.45) is 3.45. The number of benzene rings is 3. The zero-order chi connectivity index (χ0) is 24.9. The number of ether oxygens (including phenoxy) is 1. The van der Waals surface area contributed by atoms with Crippen LogP contribution < -0.4 is 9.64 Å². The lowest BCUT2D eigenvalue weighted by molar-refractivity contribution is -0.113. The first kappa shape index (κ1) is 24.1. The van der Waals surface area contributed by atoms with Crippen LogP contribution in [0.15, 0.2) is 107 Å². The Labute approximate surface area is 223 Å². The minimum Gasteiger partial charge on any atom is -0.489 e. The summed E-state index contributed by atoms with van der Waals surface area (Å²) < 4.78 is 5.87. The van der Waals surface area contributed by atoms with Gasteiger partial charge in [-0.3, -0.25) is 9.69 Å². The Morgan fingerprint density at radius 3 is 2.39 bits per heavy atom. The molecule has 8 heteroatoms. The van der Waals surface area contributed by atoms with Crippen molar-refractivity contribution in [2.75, 3.05) is 4.90 Å². The SMILES string of the molecule is O=C1/C(=C/c2ccc(OCc3ccc(Cl)cc3)cc2)SC(=Nc2cccnc2Cl)N1c1ccccc1. The van der Waals surface area contributed by atoms with E-state index < -0.39 is 0 Å². The van der Waals surface area contributed by atoms with Gasteiger partial charge < -0.3 is 4.74 Å². The predicted octanol–water partition coefficient (Wildman–Crippen LogP) is 7.78. The molecule has 0 N–H and O–H groups in total. The molecule has 0 atom stereocenters. The number of para-hydroxylation sites is 1. The van der Waals surface area contributed by atoms with Crippen LogP contribution in [0.1, 0.15) is 11.1 Å². The van der Waals surface area contributed by atoms with Gasteiger partial charge in [0.05, 0.1) is 10.6 Å². The van der Waals surface area contributed by atoms with Crippen molar-refractivity contribution in [3.8, 4) is 5.75 Å². The highest BCUT2D eigenvalue weighted by molar-refractivity contribution is 8.19. The summed E-state index contributed by atoms with van der Waals surface area (Å²) in [4.78, 5) is 24.3. The lowest BCUT2D eigenvalue weighted by Crippen LogP contribution is -2.28. The molecule has 4 aromatic rings. The van der Waals surface area contributed by atoms with Crippen molar-refractivity contribution in [2.45, 2.75) is 6.61 Å². The largest absolute Gasteiger partial charge is 0.489 e. The summed E-state index contributed by atoms with van der Waals surface area (Å²) in [6.45, 7) is 0.439. The number of hydrogen-bond donors (Lipinski definition) is 0. The number of pyridine rings is 1. The topological polar surface area (TPSA) is 54.8 Å². The molecule has 0 spiro atoms. The molecule has 0 unspecified atom stereocenters. The van der Waals surface area contributed by atoms with E-state index in [1.807, 2.05) is 84.9 Å². The van der Waals surface area contributed by atoms with E-state index in [2.05, 4.69) is 9.98 Å². The van der Waals surface area contributed by atoms with Crippen molar-refractivity contribution in [3.63, 3.8) is 0 Å². The molecule has 1 aromatic heterocycles. The maximum atomic E-state index is 13.4. The van der Waals surface area contributed by atoms with Gasteiger partial charge in [-0.25, -0.2) is 9.98 Å².